The second kappa shape index (κ2) is 9.38. The number of allylic oxidation sites excluding steroid dienone is 7. The maximum Gasteiger partial charge on any atom is 0.0583 e. The summed E-state index contributed by atoms with van der Waals surface area (Å²) in [5, 5.41) is 10.1. The van der Waals surface area contributed by atoms with Gasteiger partial charge in [0.15, 0.2) is 0 Å². The highest BCUT2D eigenvalue weighted by atomic mass is 16.3. The number of hydrogen-bond acceptors (Lipinski definition) is 1. The zero-order valence-corrected chi connectivity index (χ0v) is 19.7. The Morgan fingerprint density at radius 3 is 2.55 bits per heavy atom. The molecule has 162 valence electrons. The standard InChI is InChI=1S/C28H44O/c1-19(2)20(3)9-10-22(5)26-15-16-27-23(8-7-17-28(26,27)6)12-13-24-18-25(29)14-11-21(24)4/h8-10,12-13,19-20,22,25-27,29H,7,11,14-18H2,1-6H3/b10-9+,13-12+/t20-,22+,25+,26+,27+,28-/m0/s1. The van der Waals surface area contributed by atoms with Gasteiger partial charge in [0.1, 0.15) is 0 Å². The van der Waals surface area contributed by atoms with E-state index in [9.17, 15) is 5.11 Å². The van der Waals surface area contributed by atoms with E-state index in [1.165, 1.54) is 36.8 Å². The van der Waals surface area contributed by atoms with E-state index in [0.29, 0.717) is 23.2 Å². The summed E-state index contributed by atoms with van der Waals surface area (Å²) >= 11 is 0. The SMILES string of the molecule is CC1=C(/C=C/C2=CCC[C@]3(C)[C@@H]2CC[C@@H]3[C@H](C)/C=C/[C@H](C)C(C)C)C[C@H](O)CC1. The van der Waals surface area contributed by atoms with E-state index in [0.717, 1.165) is 31.1 Å². The van der Waals surface area contributed by atoms with Crippen molar-refractivity contribution in [1.82, 2.24) is 0 Å². The van der Waals surface area contributed by atoms with Crippen LogP contribution in [-0.2, 0) is 0 Å². The van der Waals surface area contributed by atoms with Crippen LogP contribution < -0.4 is 0 Å². The Morgan fingerprint density at radius 2 is 1.83 bits per heavy atom. The van der Waals surface area contributed by atoms with Gasteiger partial charge in [0, 0.05) is 0 Å². The minimum atomic E-state index is -0.152. The maximum atomic E-state index is 10.1. The summed E-state index contributed by atoms with van der Waals surface area (Å²) in [5.74, 6) is 3.53. The largest absolute Gasteiger partial charge is 0.393 e. The molecular formula is C28H44O. The first-order chi connectivity index (χ1) is 13.7. The van der Waals surface area contributed by atoms with Gasteiger partial charge in [-0.05, 0) is 98.0 Å². The van der Waals surface area contributed by atoms with Crippen molar-refractivity contribution >= 4 is 0 Å². The minimum Gasteiger partial charge on any atom is -0.393 e. The number of aliphatic hydroxyl groups is 1. The Balaban J connectivity index is 1.73. The Morgan fingerprint density at radius 1 is 1.07 bits per heavy atom. The molecule has 0 aliphatic heterocycles. The Labute approximate surface area is 180 Å². The lowest BCUT2D eigenvalue weighted by atomic mass is 9.62. The lowest BCUT2D eigenvalue weighted by Gasteiger charge is -2.42. The second-order valence-corrected chi connectivity index (χ2v) is 10.9. The molecule has 3 rings (SSSR count). The predicted molar refractivity (Wildman–Crippen MR) is 126 cm³/mol. The maximum absolute atomic E-state index is 10.1. The van der Waals surface area contributed by atoms with Gasteiger partial charge in [-0.15, -0.1) is 0 Å². The molecule has 0 aromatic heterocycles. The molecule has 0 radical (unpaired) electrons. The monoisotopic (exact) mass is 396 g/mol. The third-order valence-electron chi connectivity index (χ3n) is 8.61. The molecule has 0 heterocycles. The fourth-order valence-electron chi connectivity index (χ4n) is 6.10. The molecule has 0 bridgehead atoms. The minimum absolute atomic E-state index is 0.152. The number of fused-ring (bicyclic) bond motifs is 1. The molecule has 1 nitrogen and oxygen atoms in total. The summed E-state index contributed by atoms with van der Waals surface area (Å²) < 4.78 is 0. The van der Waals surface area contributed by atoms with E-state index in [4.69, 9.17) is 0 Å². The molecule has 0 unspecified atom stereocenters. The Bertz CT molecular complexity index is 691. The highest BCUT2D eigenvalue weighted by Crippen LogP contribution is 2.58. The highest BCUT2D eigenvalue weighted by molar-refractivity contribution is 5.36. The van der Waals surface area contributed by atoms with Crippen molar-refractivity contribution in [3.63, 3.8) is 0 Å². The molecule has 0 aromatic rings. The van der Waals surface area contributed by atoms with Crippen molar-refractivity contribution in [2.45, 2.75) is 92.6 Å². The molecule has 0 aromatic carbocycles. The van der Waals surface area contributed by atoms with E-state index < -0.39 is 0 Å². The van der Waals surface area contributed by atoms with E-state index in [-0.39, 0.29) is 6.10 Å². The van der Waals surface area contributed by atoms with E-state index in [2.05, 4.69) is 71.9 Å². The fraction of sp³-hybridized carbons (Fsp3) is 0.714. The third-order valence-corrected chi connectivity index (χ3v) is 8.61. The van der Waals surface area contributed by atoms with Crippen molar-refractivity contribution in [2.24, 2.45) is 35.0 Å². The average Bonchev–Trinajstić information content (AvgIpc) is 3.04. The lowest BCUT2D eigenvalue weighted by molar-refractivity contribution is 0.129. The van der Waals surface area contributed by atoms with Gasteiger partial charge in [0.2, 0.25) is 0 Å². The van der Waals surface area contributed by atoms with Gasteiger partial charge in [0.05, 0.1) is 6.10 Å². The first-order valence-corrected chi connectivity index (χ1v) is 12.2. The predicted octanol–water partition coefficient (Wildman–Crippen LogP) is 7.64. The van der Waals surface area contributed by atoms with Crippen LogP contribution in [0.5, 0.6) is 0 Å². The van der Waals surface area contributed by atoms with Crippen LogP contribution in [0.25, 0.3) is 0 Å². The summed E-state index contributed by atoms with van der Waals surface area (Å²) in [5.41, 5.74) is 4.82. The summed E-state index contributed by atoms with van der Waals surface area (Å²) in [6.07, 6.45) is 20.1. The average molecular weight is 397 g/mol. The second-order valence-electron chi connectivity index (χ2n) is 10.9. The fourth-order valence-corrected chi connectivity index (χ4v) is 6.10. The van der Waals surface area contributed by atoms with Crippen LogP contribution in [0.3, 0.4) is 0 Å². The van der Waals surface area contributed by atoms with Gasteiger partial charge < -0.3 is 5.11 Å². The molecule has 6 atom stereocenters. The highest BCUT2D eigenvalue weighted by Gasteiger charge is 2.49. The third kappa shape index (κ3) is 4.98. The smallest absolute Gasteiger partial charge is 0.0583 e. The molecule has 1 N–H and O–H groups in total. The van der Waals surface area contributed by atoms with Gasteiger partial charge in [0.25, 0.3) is 0 Å². The lowest BCUT2D eigenvalue weighted by Crippen LogP contribution is -2.34. The summed E-state index contributed by atoms with van der Waals surface area (Å²) in [7, 11) is 0. The molecule has 0 saturated heterocycles. The molecule has 0 amide bonds. The van der Waals surface area contributed by atoms with Gasteiger partial charge in [-0.25, -0.2) is 0 Å². The molecule has 3 aliphatic rings. The quantitative estimate of drug-likeness (QED) is 0.457. The number of aliphatic hydroxyl groups excluding tert-OH is 1. The van der Waals surface area contributed by atoms with Crippen LogP contribution in [0.1, 0.15) is 86.5 Å². The van der Waals surface area contributed by atoms with Crippen LogP contribution in [-0.4, -0.2) is 11.2 Å². The molecule has 29 heavy (non-hydrogen) atoms. The van der Waals surface area contributed by atoms with Crippen molar-refractivity contribution in [3.05, 3.63) is 47.1 Å². The summed E-state index contributed by atoms with van der Waals surface area (Å²) in [6.45, 7) is 14.2. The van der Waals surface area contributed by atoms with Crippen LogP contribution >= 0.6 is 0 Å². The first-order valence-electron chi connectivity index (χ1n) is 12.2. The van der Waals surface area contributed by atoms with Gasteiger partial charge in [-0.1, -0.05) is 70.6 Å². The number of rotatable bonds is 6. The van der Waals surface area contributed by atoms with Crippen LogP contribution in [0.2, 0.25) is 0 Å². The summed E-state index contributed by atoms with van der Waals surface area (Å²) in [4.78, 5) is 0. The van der Waals surface area contributed by atoms with Crippen molar-refractivity contribution < 1.29 is 5.11 Å². The molecule has 3 aliphatic carbocycles. The topological polar surface area (TPSA) is 20.2 Å². The molecule has 1 saturated carbocycles. The zero-order chi connectivity index (χ0) is 21.2. The van der Waals surface area contributed by atoms with Gasteiger partial charge in [-0.3, -0.25) is 0 Å². The van der Waals surface area contributed by atoms with E-state index in [1.807, 2.05) is 0 Å². The molecule has 1 heteroatoms. The molecule has 1 fully saturated rings. The normalized spacial score (nSPS) is 35.4. The Hall–Kier alpha value is -1.08. The van der Waals surface area contributed by atoms with Gasteiger partial charge in [-0.2, -0.15) is 0 Å². The van der Waals surface area contributed by atoms with Gasteiger partial charge >= 0.3 is 0 Å². The number of hydrogen-bond donors (Lipinski definition) is 1. The van der Waals surface area contributed by atoms with Crippen LogP contribution in [0.15, 0.2) is 47.1 Å². The van der Waals surface area contributed by atoms with Crippen molar-refractivity contribution in [2.75, 3.05) is 0 Å². The Kier molecular flexibility index (Phi) is 7.31. The van der Waals surface area contributed by atoms with E-state index >= 15 is 0 Å². The van der Waals surface area contributed by atoms with Crippen LogP contribution in [0, 0.1) is 35.0 Å². The van der Waals surface area contributed by atoms with Crippen molar-refractivity contribution in [3.8, 4) is 0 Å². The molecule has 0 spiro atoms. The van der Waals surface area contributed by atoms with E-state index in [1.54, 1.807) is 5.57 Å². The molecular weight excluding hydrogens is 352 g/mol. The first kappa shape index (κ1) is 22.6. The van der Waals surface area contributed by atoms with Crippen molar-refractivity contribution in [1.29, 1.82) is 0 Å². The van der Waals surface area contributed by atoms with Crippen LogP contribution in [0.4, 0.5) is 0 Å². The zero-order valence-electron chi connectivity index (χ0n) is 19.7. The summed E-state index contributed by atoms with van der Waals surface area (Å²) in [6, 6.07) is 0.